The summed E-state index contributed by atoms with van der Waals surface area (Å²) in [5.74, 6) is -0.501. The summed E-state index contributed by atoms with van der Waals surface area (Å²) in [4.78, 5) is 11.6. The predicted octanol–water partition coefficient (Wildman–Crippen LogP) is 1.82. The average Bonchev–Trinajstić information content (AvgIpc) is 2.36. The van der Waals surface area contributed by atoms with Gasteiger partial charge < -0.3 is 19.4 Å². The van der Waals surface area contributed by atoms with E-state index in [4.69, 9.17) is 9.47 Å². The Kier molecular flexibility index (Phi) is 4.27. The lowest BCUT2D eigenvalue weighted by atomic mass is 10.2. The maximum Gasteiger partial charge on any atom is 0.250 e. The highest BCUT2D eigenvalue weighted by Gasteiger charge is 2.28. The molecule has 0 amide bonds. The topological polar surface area (TPSA) is 52.5 Å². The zero-order chi connectivity index (χ0) is 13.9. The second-order valence-electron chi connectivity index (χ2n) is 5.31. The van der Waals surface area contributed by atoms with Gasteiger partial charge in [0.1, 0.15) is 0 Å². The van der Waals surface area contributed by atoms with Gasteiger partial charge in [-0.2, -0.15) is 0 Å². The third-order valence-electron chi connectivity index (χ3n) is 3.08. The molecule has 1 fully saturated rings. The number of hydrogen-bond donors (Lipinski definition) is 1. The van der Waals surface area contributed by atoms with Gasteiger partial charge in [-0.3, -0.25) is 4.79 Å². The van der Waals surface area contributed by atoms with Crippen molar-refractivity contribution >= 4 is 5.69 Å². The molecule has 5 heteroatoms. The van der Waals surface area contributed by atoms with Crippen LogP contribution >= 0.6 is 0 Å². The van der Waals surface area contributed by atoms with Gasteiger partial charge in [0.2, 0.25) is 0 Å². The van der Waals surface area contributed by atoms with Crippen LogP contribution in [0.3, 0.4) is 0 Å². The summed E-state index contributed by atoms with van der Waals surface area (Å²) in [6, 6.07) is 3.50. The minimum Gasteiger partial charge on any atom is -0.376 e. The van der Waals surface area contributed by atoms with Crippen LogP contribution in [0.2, 0.25) is 0 Å². The first kappa shape index (κ1) is 14.1. The third kappa shape index (κ3) is 3.81. The smallest absolute Gasteiger partial charge is 0.250 e. The number of nitrogens with zero attached hydrogens (tertiary/aromatic N) is 1. The van der Waals surface area contributed by atoms with Gasteiger partial charge in [-0.15, -0.1) is 0 Å². The molecule has 0 atom stereocenters. The van der Waals surface area contributed by atoms with Crippen molar-refractivity contribution in [3.63, 3.8) is 0 Å². The van der Waals surface area contributed by atoms with Crippen LogP contribution in [0.25, 0.3) is 0 Å². The van der Waals surface area contributed by atoms with Gasteiger partial charge >= 0.3 is 0 Å². The Morgan fingerprint density at radius 1 is 1.37 bits per heavy atom. The summed E-state index contributed by atoms with van der Waals surface area (Å²) in [6.45, 7) is 7.80. The highest BCUT2D eigenvalue weighted by molar-refractivity contribution is 5.41. The van der Waals surface area contributed by atoms with E-state index in [-0.39, 0.29) is 11.6 Å². The molecule has 1 N–H and O–H groups in total. The molecule has 1 aromatic heterocycles. The molecule has 2 rings (SSSR count). The number of ether oxygens (including phenoxy) is 2. The number of hydrogen-bond acceptors (Lipinski definition) is 4. The van der Waals surface area contributed by atoms with E-state index in [1.165, 1.54) is 0 Å². The van der Waals surface area contributed by atoms with Crippen molar-refractivity contribution < 1.29 is 9.47 Å². The number of nitrogens with one attached hydrogen (secondary N) is 1. The Hall–Kier alpha value is -1.33. The SMILES string of the molecule is CCCn1cc(NC2COC(C)(C)OC2)ccc1=O. The fraction of sp³-hybridized carbons (Fsp3) is 0.643. The second-order valence-corrected chi connectivity index (χ2v) is 5.31. The minimum absolute atomic E-state index is 0.0321. The number of rotatable bonds is 4. The van der Waals surface area contributed by atoms with Gasteiger partial charge in [0.05, 0.1) is 24.9 Å². The Morgan fingerprint density at radius 2 is 2.05 bits per heavy atom. The van der Waals surface area contributed by atoms with Crippen LogP contribution in [-0.2, 0) is 16.0 Å². The van der Waals surface area contributed by atoms with Gasteiger partial charge in [0.15, 0.2) is 5.79 Å². The lowest BCUT2D eigenvalue weighted by Crippen LogP contribution is -2.45. The number of aromatic nitrogens is 1. The van der Waals surface area contributed by atoms with Crippen molar-refractivity contribution in [1.82, 2.24) is 4.57 Å². The van der Waals surface area contributed by atoms with Crippen LogP contribution in [0, 0.1) is 0 Å². The highest BCUT2D eigenvalue weighted by Crippen LogP contribution is 2.19. The zero-order valence-corrected chi connectivity index (χ0v) is 11.8. The molecule has 1 aliphatic heterocycles. The van der Waals surface area contributed by atoms with Crippen LogP contribution in [0.15, 0.2) is 23.1 Å². The highest BCUT2D eigenvalue weighted by atomic mass is 16.7. The van der Waals surface area contributed by atoms with Crippen LogP contribution < -0.4 is 10.9 Å². The van der Waals surface area contributed by atoms with Crippen molar-refractivity contribution in [2.24, 2.45) is 0 Å². The van der Waals surface area contributed by atoms with Gasteiger partial charge in [0.25, 0.3) is 5.56 Å². The lowest BCUT2D eigenvalue weighted by Gasteiger charge is -2.35. The van der Waals surface area contributed by atoms with E-state index in [0.29, 0.717) is 13.2 Å². The van der Waals surface area contributed by atoms with Crippen molar-refractivity contribution in [2.75, 3.05) is 18.5 Å². The molecule has 0 saturated carbocycles. The van der Waals surface area contributed by atoms with Crippen molar-refractivity contribution in [3.05, 3.63) is 28.7 Å². The van der Waals surface area contributed by atoms with E-state index >= 15 is 0 Å². The van der Waals surface area contributed by atoms with Crippen LogP contribution in [-0.4, -0.2) is 29.6 Å². The van der Waals surface area contributed by atoms with Gasteiger partial charge in [-0.25, -0.2) is 0 Å². The van der Waals surface area contributed by atoms with Crippen molar-refractivity contribution in [2.45, 2.75) is 45.6 Å². The van der Waals surface area contributed by atoms with E-state index in [1.807, 2.05) is 20.0 Å². The van der Waals surface area contributed by atoms with Gasteiger partial charge in [-0.05, 0) is 26.3 Å². The molecule has 0 aliphatic carbocycles. The Morgan fingerprint density at radius 3 is 2.68 bits per heavy atom. The average molecular weight is 266 g/mol. The second kappa shape index (κ2) is 5.75. The fourth-order valence-corrected chi connectivity index (χ4v) is 2.04. The van der Waals surface area contributed by atoms with E-state index in [0.717, 1.165) is 18.7 Å². The molecule has 1 aromatic rings. The number of pyridine rings is 1. The van der Waals surface area contributed by atoms with E-state index in [2.05, 4.69) is 12.2 Å². The standard InChI is InChI=1S/C14H22N2O3/c1-4-7-16-8-11(5-6-13(16)17)15-12-9-18-14(2,3)19-10-12/h5-6,8,12,15H,4,7,9-10H2,1-3H3. The first-order chi connectivity index (χ1) is 9.00. The summed E-state index contributed by atoms with van der Waals surface area (Å²) in [6.07, 6.45) is 2.79. The quantitative estimate of drug-likeness (QED) is 0.903. The van der Waals surface area contributed by atoms with E-state index < -0.39 is 5.79 Å². The third-order valence-corrected chi connectivity index (χ3v) is 3.08. The molecule has 106 valence electrons. The molecule has 0 radical (unpaired) electrons. The maximum atomic E-state index is 11.6. The molecule has 0 spiro atoms. The van der Waals surface area contributed by atoms with Crippen molar-refractivity contribution in [1.29, 1.82) is 0 Å². The first-order valence-electron chi connectivity index (χ1n) is 6.75. The molecule has 2 heterocycles. The molecule has 5 nitrogen and oxygen atoms in total. The summed E-state index contributed by atoms with van der Waals surface area (Å²) in [5.41, 5.74) is 0.953. The number of anilines is 1. The molecule has 0 aromatic carbocycles. The molecular weight excluding hydrogens is 244 g/mol. The summed E-state index contributed by atoms with van der Waals surface area (Å²) in [7, 11) is 0. The normalized spacial score (nSPS) is 19.3. The van der Waals surface area contributed by atoms with Crippen LogP contribution in [0.5, 0.6) is 0 Å². The summed E-state index contributed by atoms with van der Waals surface area (Å²) in [5, 5.41) is 3.33. The molecule has 19 heavy (non-hydrogen) atoms. The lowest BCUT2D eigenvalue weighted by molar-refractivity contribution is -0.247. The number of aryl methyl sites for hydroxylation is 1. The maximum absolute atomic E-state index is 11.6. The summed E-state index contributed by atoms with van der Waals surface area (Å²) < 4.78 is 12.9. The van der Waals surface area contributed by atoms with Gasteiger partial charge in [0, 0.05) is 18.8 Å². The fourth-order valence-electron chi connectivity index (χ4n) is 2.04. The summed E-state index contributed by atoms with van der Waals surface area (Å²) >= 11 is 0. The Labute approximate surface area is 113 Å². The van der Waals surface area contributed by atoms with Crippen LogP contribution in [0.1, 0.15) is 27.2 Å². The Balaban J connectivity index is 2.00. The van der Waals surface area contributed by atoms with E-state index in [9.17, 15) is 4.79 Å². The molecule has 0 unspecified atom stereocenters. The first-order valence-corrected chi connectivity index (χ1v) is 6.75. The van der Waals surface area contributed by atoms with E-state index in [1.54, 1.807) is 16.7 Å². The monoisotopic (exact) mass is 266 g/mol. The van der Waals surface area contributed by atoms with Gasteiger partial charge in [-0.1, -0.05) is 6.92 Å². The minimum atomic E-state index is -0.501. The zero-order valence-electron chi connectivity index (χ0n) is 11.8. The Bertz CT molecular complexity index is 472. The molecule has 1 aliphatic rings. The molecule has 1 saturated heterocycles. The molecule has 0 bridgehead atoms. The van der Waals surface area contributed by atoms with Crippen LogP contribution in [0.4, 0.5) is 5.69 Å². The van der Waals surface area contributed by atoms with Crippen molar-refractivity contribution in [3.8, 4) is 0 Å². The largest absolute Gasteiger partial charge is 0.376 e. The predicted molar refractivity (Wildman–Crippen MR) is 74.4 cm³/mol. The molecular formula is C14H22N2O3.